The Bertz CT molecular complexity index is 371. The summed E-state index contributed by atoms with van der Waals surface area (Å²) in [5.41, 5.74) is 0.141. The first-order chi connectivity index (χ1) is 9.62. The SMILES string of the molecule is CC(C)(CN(CCO)Cc1ncc[nH]1)N1CCCCC1. The van der Waals surface area contributed by atoms with Crippen molar-refractivity contribution in [3.63, 3.8) is 0 Å². The molecule has 0 aromatic carbocycles. The highest BCUT2D eigenvalue weighted by atomic mass is 16.3. The summed E-state index contributed by atoms with van der Waals surface area (Å²) in [6, 6.07) is 0. The van der Waals surface area contributed by atoms with Crippen LogP contribution in [-0.2, 0) is 6.54 Å². The Hall–Kier alpha value is -0.910. The predicted molar refractivity (Wildman–Crippen MR) is 80.5 cm³/mol. The van der Waals surface area contributed by atoms with Crippen molar-refractivity contribution in [2.75, 3.05) is 32.8 Å². The van der Waals surface area contributed by atoms with Crippen LogP contribution in [0.1, 0.15) is 38.9 Å². The highest BCUT2D eigenvalue weighted by molar-refractivity contribution is 4.91. The standard InChI is InChI=1S/C15H28N4O/c1-15(2,19-8-4-3-5-9-19)13-18(10-11-20)12-14-16-6-7-17-14/h6-7,20H,3-5,8-13H2,1-2H3,(H,16,17). The van der Waals surface area contributed by atoms with Gasteiger partial charge in [-0.05, 0) is 39.8 Å². The Morgan fingerprint density at radius 2 is 2.10 bits per heavy atom. The fourth-order valence-electron chi connectivity index (χ4n) is 3.10. The van der Waals surface area contributed by atoms with Crippen molar-refractivity contribution in [2.45, 2.75) is 45.2 Å². The topological polar surface area (TPSA) is 55.4 Å². The van der Waals surface area contributed by atoms with E-state index in [9.17, 15) is 5.11 Å². The van der Waals surface area contributed by atoms with Crippen LogP contribution in [0.15, 0.2) is 12.4 Å². The fraction of sp³-hybridized carbons (Fsp3) is 0.800. The van der Waals surface area contributed by atoms with E-state index in [2.05, 4.69) is 33.6 Å². The minimum atomic E-state index is 0.141. The van der Waals surface area contributed by atoms with Crippen LogP contribution in [0.5, 0.6) is 0 Å². The number of rotatable bonds is 7. The lowest BCUT2D eigenvalue weighted by molar-refractivity contribution is 0.0482. The summed E-state index contributed by atoms with van der Waals surface area (Å²) in [5, 5.41) is 9.29. The van der Waals surface area contributed by atoms with E-state index in [4.69, 9.17) is 0 Å². The monoisotopic (exact) mass is 280 g/mol. The van der Waals surface area contributed by atoms with Crippen LogP contribution in [0, 0.1) is 0 Å². The Morgan fingerprint density at radius 3 is 2.70 bits per heavy atom. The number of aliphatic hydroxyl groups is 1. The van der Waals surface area contributed by atoms with Crippen LogP contribution in [-0.4, -0.2) is 63.2 Å². The van der Waals surface area contributed by atoms with Crippen molar-refractivity contribution in [1.29, 1.82) is 0 Å². The van der Waals surface area contributed by atoms with E-state index >= 15 is 0 Å². The first-order valence-corrected chi connectivity index (χ1v) is 7.68. The largest absolute Gasteiger partial charge is 0.395 e. The number of nitrogens with zero attached hydrogens (tertiary/aromatic N) is 3. The molecule has 114 valence electrons. The second-order valence-electron chi connectivity index (χ2n) is 6.33. The molecule has 2 N–H and O–H groups in total. The molecule has 0 bridgehead atoms. The lowest BCUT2D eigenvalue weighted by atomic mass is 9.97. The number of aromatic nitrogens is 2. The van der Waals surface area contributed by atoms with Gasteiger partial charge in [-0.3, -0.25) is 9.80 Å². The minimum absolute atomic E-state index is 0.141. The highest BCUT2D eigenvalue weighted by Gasteiger charge is 2.30. The van der Waals surface area contributed by atoms with Crippen LogP contribution < -0.4 is 0 Å². The maximum absolute atomic E-state index is 9.29. The van der Waals surface area contributed by atoms with Crippen molar-refractivity contribution in [2.24, 2.45) is 0 Å². The number of nitrogens with one attached hydrogen (secondary N) is 1. The van der Waals surface area contributed by atoms with Crippen LogP contribution in [0.3, 0.4) is 0 Å². The van der Waals surface area contributed by atoms with Gasteiger partial charge >= 0.3 is 0 Å². The number of hydrogen-bond acceptors (Lipinski definition) is 4. The van der Waals surface area contributed by atoms with Crippen molar-refractivity contribution >= 4 is 0 Å². The third-order valence-corrected chi connectivity index (χ3v) is 4.17. The molecule has 5 heteroatoms. The van der Waals surface area contributed by atoms with Crippen molar-refractivity contribution in [3.8, 4) is 0 Å². The van der Waals surface area contributed by atoms with E-state index in [1.165, 1.54) is 32.4 Å². The summed E-state index contributed by atoms with van der Waals surface area (Å²) in [6.07, 6.45) is 7.60. The molecular weight excluding hydrogens is 252 g/mol. The molecule has 1 fully saturated rings. The van der Waals surface area contributed by atoms with Gasteiger partial charge in [0.2, 0.25) is 0 Å². The summed E-state index contributed by atoms with van der Waals surface area (Å²) < 4.78 is 0. The van der Waals surface area contributed by atoms with E-state index < -0.39 is 0 Å². The molecule has 20 heavy (non-hydrogen) atoms. The average Bonchev–Trinajstić information content (AvgIpc) is 2.92. The van der Waals surface area contributed by atoms with Crippen LogP contribution >= 0.6 is 0 Å². The molecule has 0 saturated carbocycles. The number of likely N-dealkylation sites (tertiary alicyclic amines) is 1. The van der Waals surface area contributed by atoms with E-state index in [1.54, 1.807) is 6.20 Å². The number of hydrogen-bond donors (Lipinski definition) is 2. The van der Waals surface area contributed by atoms with Gasteiger partial charge in [0.05, 0.1) is 13.2 Å². The van der Waals surface area contributed by atoms with Gasteiger partial charge in [-0.1, -0.05) is 6.42 Å². The molecule has 0 atom stereocenters. The summed E-state index contributed by atoms with van der Waals surface area (Å²) >= 11 is 0. The zero-order valence-corrected chi connectivity index (χ0v) is 12.8. The Balaban J connectivity index is 1.94. The van der Waals surface area contributed by atoms with E-state index in [-0.39, 0.29) is 12.1 Å². The Kier molecular flexibility index (Phi) is 5.57. The van der Waals surface area contributed by atoms with Crippen molar-refractivity contribution in [1.82, 2.24) is 19.8 Å². The first-order valence-electron chi connectivity index (χ1n) is 7.68. The quantitative estimate of drug-likeness (QED) is 0.794. The summed E-state index contributed by atoms with van der Waals surface area (Å²) in [5.74, 6) is 0.966. The third-order valence-electron chi connectivity index (χ3n) is 4.17. The number of H-pyrrole nitrogens is 1. The molecule has 1 aliphatic rings. The molecule has 0 radical (unpaired) electrons. The van der Waals surface area contributed by atoms with E-state index in [1.807, 2.05) is 6.20 Å². The summed E-state index contributed by atoms with van der Waals surface area (Å²) in [4.78, 5) is 12.3. The second-order valence-corrected chi connectivity index (χ2v) is 6.33. The van der Waals surface area contributed by atoms with Gasteiger partial charge in [0.15, 0.2) is 0 Å². The highest BCUT2D eigenvalue weighted by Crippen LogP contribution is 2.22. The predicted octanol–water partition coefficient (Wildman–Crippen LogP) is 1.47. The van der Waals surface area contributed by atoms with Gasteiger partial charge in [-0.25, -0.2) is 4.98 Å². The molecular formula is C15H28N4O. The maximum atomic E-state index is 9.29. The molecule has 0 amide bonds. The van der Waals surface area contributed by atoms with E-state index in [0.717, 1.165) is 18.9 Å². The van der Waals surface area contributed by atoms with Gasteiger partial charge in [-0.15, -0.1) is 0 Å². The van der Waals surface area contributed by atoms with Crippen LogP contribution in [0.4, 0.5) is 0 Å². The Morgan fingerprint density at radius 1 is 1.35 bits per heavy atom. The Labute approximate surface area is 122 Å². The molecule has 2 rings (SSSR count). The summed E-state index contributed by atoms with van der Waals surface area (Å²) in [6.45, 7) is 9.62. The molecule has 0 unspecified atom stereocenters. The van der Waals surface area contributed by atoms with Crippen LogP contribution in [0.2, 0.25) is 0 Å². The zero-order chi connectivity index (χ0) is 14.4. The molecule has 1 saturated heterocycles. The number of aromatic amines is 1. The zero-order valence-electron chi connectivity index (χ0n) is 12.8. The molecule has 1 aromatic heterocycles. The second kappa shape index (κ2) is 7.20. The lowest BCUT2D eigenvalue weighted by Crippen LogP contribution is -2.53. The maximum Gasteiger partial charge on any atom is 0.120 e. The van der Waals surface area contributed by atoms with Crippen molar-refractivity contribution < 1.29 is 5.11 Å². The number of aliphatic hydroxyl groups excluding tert-OH is 1. The van der Waals surface area contributed by atoms with Gasteiger partial charge < -0.3 is 10.1 Å². The number of piperidine rings is 1. The van der Waals surface area contributed by atoms with Crippen molar-refractivity contribution in [3.05, 3.63) is 18.2 Å². The number of imidazole rings is 1. The molecule has 0 aliphatic carbocycles. The van der Waals surface area contributed by atoms with Gasteiger partial charge in [0.25, 0.3) is 0 Å². The molecule has 1 aromatic rings. The summed E-state index contributed by atoms with van der Waals surface area (Å²) in [7, 11) is 0. The normalized spacial score (nSPS) is 17.8. The van der Waals surface area contributed by atoms with Gasteiger partial charge in [0, 0.05) is 31.0 Å². The molecule has 1 aliphatic heterocycles. The minimum Gasteiger partial charge on any atom is -0.395 e. The van der Waals surface area contributed by atoms with E-state index in [0.29, 0.717) is 6.54 Å². The molecule has 2 heterocycles. The smallest absolute Gasteiger partial charge is 0.120 e. The molecule has 5 nitrogen and oxygen atoms in total. The van der Waals surface area contributed by atoms with Gasteiger partial charge in [-0.2, -0.15) is 0 Å². The lowest BCUT2D eigenvalue weighted by Gasteiger charge is -2.43. The molecule has 0 spiro atoms. The third kappa shape index (κ3) is 4.30. The average molecular weight is 280 g/mol. The van der Waals surface area contributed by atoms with Crippen LogP contribution in [0.25, 0.3) is 0 Å². The first kappa shape index (κ1) is 15.5. The fourth-order valence-corrected chi connectivity index (χ4v) is 3.10. The van der Waals surface area contributed by atoms with Gasteiger partial charge in [0.1, 0.15) is 5.82 Å².